The number of aromatic nitrogens is 2. The van der Waals surface area contributed by atoms with Gasteiger partial charge in [0, 0.05) is 52.8 Å². The van der Waals surface area contributed by atoms with Gasteiger partial charge < -0.3 is 10.6 Å². The number of hydrogen-bond donors (Lipinski definition) is 1. The molecule has 0 unspecified atom stereocenters. The highest BCUT2D eigenvalue weighted by molar-refractivity contribution is 9.10. The lowest BCUT2D eigenvalue weighted by molar-refractivity contribution is 0.846. The number of halogens is 1. The van der Waals surface area contributed by atoms with Crippen LogP contribution in [0.5, 0.6) is 0 Å². The fourth-order valence-corrected chi connectivity index (χ4v) is 2.81. The molecule has 0 aliphatic heterocycles. The Morgan fingerprint density at radius 3 is 2.65 bits per heavy atom. The summed E-state index contributed by atoms with van der Waals surface area (Å²) in [5.74, 6) is 0.704. The normalized spacial score (nSPS) is 10.5. The Balaban J connectivity index is 2.18. The quantitative estimate of drug-likeness (QED) is 0.941. The van der Waals surface area contributed by atoms with Crippen LogP contribution in [-0.4, -0.2) is 30.1 Å². The summed E-state index contributed by atoms with van der Waals surface area (Å²) in [6.07, 6.45) is 3.68. The van der Waals surface area contributed by atoms with Crippen LogP contribution in [0, 0.1) is 0 Å². The van der Waals surface area contributed by atoms with E-state index < -0.39 is 0 Å². The van der Waals surface area contributed by atoms with Crippen molar-refractivity contribution in [2.75, 3.05) is 25.0 Å². The van der Waals surface area contributed by atoms with Gasteiger partial charge >= 0.3 is 0 Å². The molecule has 0 atom stereocenters. The topological polar surface area (TPSA) is 55.0 Å². The Bertz CT molecular complexity index is 482. The van der Waals surface area contributed by atoms with E-state index >= 15 is 0 Å². The number of thiophene rings is 1. The molecule has 0 saturated heterocycles. The first-order chi connectivity index (χ1) is 8.20. The monoisotopic (exact) mass is 312 g/mol. The third-order valence-corrected chi connectivity index (χ3v) is 4.04. The minimum absolute atomic E-state index is 0.597. The summed E-state index contributed by atoms with van der Waals surface area (Å²) in [7, 11) is 1.93. The van der Waals surface area contributed by atoms with Crippen molar-refractivity contribution in [1.82, 2.24) is 9.97 Å². The predicted octanol–water partition coefficient (Wildman–Crippen LogP) is 2.36. The minimum atomic E-state index is 0.597. The highest BCUT2D eigenvalue weighted by Crippen LogP contribution is 2.29. The van der Waals surface area contributed by atoms with Gasteiger partial charge in [0.2, 0.25) is 5.95 Å². The van der Waals surface area contributed by atoms with Crippen LogP contribution < -0.4 is 10.6 Å². The van der Waals surface area contributed by atoms with E-state index in [1.54, 1.807) is 11.3 Å². The average Bonchev–Trinajstić information content (AvgIpc) is 2.76. The summed E-state index contributed by atoms with van der Waals surface area (Å²) < 4.78 is 1.09. The molecule has 2 heterocycles. The smallest absolute Gasteiger partial charge is 0.225 e. The molecule has 0 aliphatic carbocycles. The van der Waals surface area contributed by atoms with Gasteiger partial charge in [-0.25, -0.2) is 9.97 Å². The zero-order chi connectivity index (χ0) is 12.3. The van der Waals surface area contributed by atoms with Gasteiger partial charge in [-0.2, -0.15) is 0 Å². The second kappa shape index (κ2) is 5.57. The highest BCUT2D eigenvalue weighted by Gasteiger charge is 2.05. The Kier molecular flexibility index (Phi) is 4.09. The fourth-order valence-electron chi connectivity index (χ4n) is 1.40. The van der Waals surface area contributed by atoms with Crippen molar-refractivity contribution in [2.24, 2.45) is 5.73 Å². The van der Waals surface area contributed by atoms with Crippen LogP contribution in [0.1, 0.15) is 0 Å². The van der Waals surface area contributed by atoms with Crippen LogP contribution in [0.2, 0.25) is 0 Å². The van der Waals surface area contributed by atoms with Crippen LogP contribution in [0.15, 0.2) is 28.3 Å². The largest absolute Gasteiger partial charge is 0.343 e. The first-order valence-corrected chi connectivity index (χ1v) is 6.85. The Morgan fingerprint density at radius 2 is 2.12 bits per heavy atom. The molecule has 0 spiro atoms. The SMILES string of the molecule is CN(CCN)c1ncc(-c2cc(Br)cs2)cn1. The molecule has 2 aromatic rings. The molecule has 6 heteroatoms. The molecule has 0 aromatic carbocycles. The summed E-state index contributed by atoms with van der Waals surface area (Å²) >= 11 is 5.10. The number of nitrogens with zero attached hydrogens (tertiary/aromatic N) is 3. The number of likely N-dealkylation sites (N-methyl/N-ethyl adjacent to an activating group) is 1. The zero-order valence-electron chi connectivity index (χ0n) is 9.43. The third-order valence-electron chi connectivity index (χ3n) is 2.30. The van der Waals surface area contributed by atoms with E-state index in [9.17, 15) is 0 Å². The molecule has 0 radical (unpaired) electrons. The second-order valence-corrected chi connectivity index (χ2v) is 5.44. The van der Waals surface area contributed by atoms with Crippen molar-refractivity contribution in [1.29, 1.82) is 0 Å². The molecular formula is C11H13BrN4S. The van der Waals surface area contributed by atoms with Gasteiger partial charge in [0.1, 0.15) is 0 Å². The van der Waals surface area contributed by atoms with Crippen LogP contribution in [0.3, 0.4) is 0 Å². The average molecular weight is 313 g/mol. The standard InChI is InChI=1S/C11H13BrN4S/c1-16(3-2-13)11-14-5-8(6-15-11)10-4-9(12)7-17-10/h4-7H,2-3,13H2,1H3. The number of hydrogen-bond acceptors (Lipinski definition) is 5. The summed E-state index contributed by atoms with van der Waals surface area (Å²) in [5.41, 5.74) is 6.52. The summed E-state index contributed by atoms with van der Waals surface area (Å²) in [5, 5.41) is 2.05. The molecule has 0 aliphatic rings. The maximum absolute atomic E-state index is 5.49. The molecule has 0 bridgehead atoms. The van der Waals surface area contributed by atoms with Gasteiger partial charge in [-0.3, -0.25) is 0 Å². The van der Waals surface area contributed by atoms with Crippen LogP contribution >= 0.6 is 27.3 Å². The highest BCUT2D eigenvalue weighted by atomic mass is 79.9. The van der Waals surface area contributed by atoms with Gasteiger partial charge in [0.05, 0.1) is 0 Å². The lowest BCUT2D eigenvalue weighted by Crippen LogP contribution is -2.26. The summed E-state index contributed by atoms with van der Waals surface area (Å²) in [4.78, 5) is 11.8. The number of anilines is 1. The van der Waals surface area contributed by atoms with Crippen LogP contribution in [0.4, 0.5) is 5.95 Å². The molecule has 0 amide bonds. The van der Waals surface area contributed by atoms with Gasteiger partial charge in [0.25, 0.3) is 0 Å². The van der Waals surface area contributed by atoms with E-state index in [1.165, 1.54) is 0 Å². The molecule has 17 heavy (non-hydrogen) atoms. The van der Waals surface area contributed by atoms with Crippen molar-refractivity contribution < 1.29 is 0 Å². The van der Waals surface area contributed by atoms with Gasteiger partial charge in [-0.1, -0.05) is 0 Å². The molecule has 0 fully saturated rings. The van der Waals surface area contributed by atoms with E-state index in [2.05, 4.69) is 32.0 Å². The lowest BCUT2D eigenvalue weighted by atomic mass is 10.3. The van der Waals surface area contributed by atoms with Gasteiger partial charge in [-0.05, 0) is 22.0 Å². The van der Waals surface area contributed by atoms with Crippen LogP contribution in [-0.2, 0) is 0 Å². The summed E-state index contributed by atoms with van der Waals surface area (Å²) in [6.45, 7) is 1.35. The van der Waals surface area contributed by atoms with Crippen molar-refractivity contribution in [2.45, 2.75) is 0 Å². The third kappa shape index (κ3) is 3.02. The number of nitrogens with two attached hydrogens (primary N) is 1. The predicted molar refractivity (Wildman–Crippen MR) is 75.4 cm³/mol. The molecule has 2 N–H and O–H groups in total. The molecule has 4 nitrogen and oxygen atoms in total. The molecule has 90 valence electrons. The van der Waals surface area contributed by atoms with Crippen molar-refractivity contribution in [3.63, 3.8) is 0 Å². The van der Waals surface area contributed by atoms with Gasteiger partial charge in [-0.15, -0.1) is 11.3 Å². The fraction of sp³-hybridized carbons (Fsp3) is 0.273. The van der Waals surface area contributed by atoms with Gasteiger partial charge in [0.15, 0.2) is 0 Å². The Hall–Kier alpha value is -0.980. The first-order valence-electron chi connectivity index (χ1n) is 5.18. The molecule has 0 saturated carbocycles. The Labute approximate surface area is 113 Å². The van der Waals surface area contributed by atoms with E-state index in [1.807, 2.05) is 29.7 Å². The van der Waals surface area contributed by atoms with Crippen molar-refractivity contribution in [3.05, 3.63) is 28.3 Å². The van der Waals surface area contributed by atoms with E-state index in [-0.39, 0.29) is 0 Å². The van der Waals surface area contributed by atoms with E-state index in [0.717, 1.165) is 21.5 Å². The van der Waals surface area contributed by atoms with E-state index in [0.29, 0.717) is 12.5 Å². The first kappa shape index (κ1) is 12.5. The lowest BCUT2D eigenvalue weighted by Gasteiger charge is -2.15. The molecular weight excluding hydrogens is 300 g/mol. The van der Waals surface area contributed by atoms with Crippen LogP contribution in [0.25, 0.3) is 10.4 Å². The minimum Gasteiger partial charge on any atom is -0.343 e. The zero-order valence-corrected chi connectivity index (χ0v) is 11.8. The number of rotatable bonds is 4. The Morgan fingerprint density at radius 1 is 1.41 bits per heavy atom. The molecule has 2 aromatic heterocycles. The van der Waals surface area contributed by atoms with Crippen molar-refractivity contribution >= 4 is 33.2 Å². The maximum Gasteiger partial charge on any atom is 0.225 e. The second-order valence-electron chi connectivity index (χ2n) is 3.61. The molecule has 2 rings (SSSR count). The van der Waals surface area contributed by atoms with Crippen molar-refractivity contribution in [3.8, 4) is 10.4 Å². The maximum atomic E-state index is 5.49. The van der Waals surface area contributed by atoms with E-state index in [4.69, 9.17) is 5.73 Å². The summed E-state index contributed by atoms with van der Waals surface area (Å²) in [6, 6.07) is 2.06.